The minimum atomic E-state index is -2.49. The number of aromatic hydroxyl groups is 1. The highest BCUT2D eigenvalue weighted by molar-refractivity contribution is 6.15. The molecule has 0 heterocycles. The second-order valence-corrected chi connectivity index (χ2v) is 11.8. The lowest BCUT2D eigenvalue weighted by Crippen LogP contribution is -2.63. The molecule has 37 heavy (non-hydrogen) atoms. The maximum atomic E-state index is 13.7. The number of fused-ring (bicyclic) bond motifs is 3. The molecule has 0 aromatic heterocycles. The van der Waals surface area contributed by atoms with Crippen LogP contribution in [-0.4, -0.2) is 67.6 Å². The van der Waals surface area contributed by atoms with Gasteiger partial charge < -0.3 is 26.2 Å². The molecule has 6 N–H and O–H groups in total. The van der Waals surface area contributed by atoms with E-state index in [2.05, 4.69) is 32.6 Å². The Balaban J connectivity index is 1.78. The molecule has 4 rings (SSSR count). The molecule has 5 atom stereocenters. The van der Waals surface area contributed by atoms with E-state index in [1.54, 1.807) is 0 Å². The lowest BCUT2D eigenvalue weighted by Gasteiger charge is -2.48. The van der Waals surface area contributed by atoms with Gasteiger partial charge in [-0.05, 0) is 54.2 Å². The summed E-state index contributed by atoms with van der Waals surface area (Å²) in [5.74, 6) is -6.04. The number of primary amides is 1. The predicted octanol–water partition coefficient (Wildman–Crippen LogP) is 1.86. The topological polar surface area (TPSA) is 161 Å². The summed E-state index contributed by atoms with van der Waals surface area (Å²) in [6.07, 6.45) is -1.01. The third-order valence-electron chi connectivity index (χ3n) is 8.01. The van der Waals surface area contributed by atoms with Crippen molar-refractivity contribution in [2.75, 3.05) is 13.1 Å². The highest BCUT2D eigenvalue weighted by Gasteiger charge is 2.62. The van der Waals surface area contributed by atoms with Crippen LogP contribution in [0.25, 0.3) is 0 Å². The average Bonchev–Trinajstić information content (AvgIpc) is 2.77. The first-order chi connectivity index (χ1) is 17.3. The normalized spacial score (nSPS) is 29.5. The molecule has 1 saturated carbocycles. The molecular weight excluding hydrogens is 476 g/mol. The molecule has 3 aliphatic rings. The average molecular weight is 515 g/mol. The lowest BCUT2D eigenvalue weighted by molar-refractivity contribution is -0.167. The van der Waals surface area contributed by atoms with Crippen molar-refractivity contribution >= 4 is 17.5 Å². The van der Waals surface area contributed by atoms with E-state index in [-0.39, 0.29) is 29.7 Å². The molecule has 202 valence electrons. The zero-order valence-electron chi connectivity index (χ0n) is 21.9. The number of nitrogens with zero attached hydrogens (tertiary/aromatic N) is 1. The number of carbonyl (C=O) groups is 3. The number of allylic oxidation sites excluding steroid dienone is 1. The zero-order chi connectivity index (χ0) is 27.4. The van der Waals surface area contributed by atoms with Gasteiger partial charge in [-0.3, -0.25) is 19.3 Å². The summed E-state index contributed by atoms with van der Waals surface area (Å²) in [5.41, 5.74) is 4.38. The van der Waals surface area contributed by atoms with Crippen LogP contribution in [0, 0.1) is 29.6 Å². The molecular formula is C28H38N2O7. The van der Waals surface area contributed by atoms with Crippen LogP contribution in [0.4, 0.5) is 0 Å². The van der Waals surface area contributed by atoms with Crippen molar-refractivity contribution in [2.45, 2.75) is 65.2 Å². The summed E-state index contributed by atoms with van der Waals surface area (Å²) in [7, 11) is 0. The van der Waals surface area contributed by atoms with Gasteiger partial charge in [-0.15, -0.1) is 0 Å². The number of phenolic OH excluding ortho intramolecular Hbond substituents is 1. The predicted molar refractivity (Wildman–Crippen MR) is 136 cm³/mol. The van der Waals surface area contributed by atoms with E-state index in [0.717, 1.165) is 18.7 Å². The van der Waals surface area contributed by atoms with Crippen LogP contribution in [0.3, 0.4) is 0 Å². The van der Waals surface area contributed by atoms with Gasteiger partial charge >= 0.3 is 0 Å². The number of carbonyl (C=O) groups excluding carboxylic acids is 3. The highest BCUT2D eigenvalue weighted by atomic mass is 16.3. The smallest absolute Gasteiger partial charge is 0.230 e. The van der Waals surface area contributed by atoms with Crippen molar-refractivity contribution < 1.29 is 34.8 Å². The van der Waals surface area contributed by atoms with E-state index < -0.39 is 52.7 Å². The Kier molecular flexibility index (Phi) is 7.27. The molecule has 0 bridgehead atoms. The maximum Gasteiger partial charge on any atom is 0.230 e. The molecule has 0 spiro atoms. The summed E-state index contributed by atoms with van der Waals surface area (Å²) >= 11 is 0. The molecule has 0 aliphatic heterocycles. The largest absolute Gasteiger partial charge is 0.508 e. The number of benzene rings is 1. The lowest BCUT2D eigenvalue weighted by atomic mass is 9.57. The number of rotatable bonds is 7. The Labute approximate surface area is 217 Å². The number of Topliss-reactive ketones (excluding diaryl/α,β-unsaturated/α-hetero) is 2. The molecule has 1 aromatic rings. The summed E-state index contributed by atoms with van der Waals surface area (Å²) in [6, 6.07) is 3.30. The molecule has 3 aliphatic carbocycles. The van der Waals surface area contributed by atoms with Crippen LogP contribution >= 0.6 is 0 Å². The van der Waals surface area contributed by atoms with Gasteiger partial charge in [0.2, 0.25) is 5.91 Å². The Hall–Kier alpha value is -2.75. The first kappa shape index (κ1) is 27.3. The van der Waals surface area contributed by atoms with Gasteiger partial charge in [0.25, 0.3) is 0 Å². The van der Waals surface area contributed by atoms with Crippen molar-refractivity contribution in [3.63, 3.8) is 0 Å². The molecule has 1 amide bonds. The number of nitrogens with two attached hydrogens (primary N) is 1. The zero-order valence-corrected chi connectivity index (χ0v) is 21.9. The van der Waals surface area contributed by atoms with Gasteiger partial charge in [-0.25, -0.2) is 0 Å². The Morgan fingerprint density at radius 1 is 1.11 bits per heavy atom. The molecule has 1 fully saturated rings. The molecule has 9 nitrogen and oxygen atoms in total. The number of aliphatic hydroxyl groups is 3. The van der Waals surface area contributed by atoms with Crippen LogP contribution < -0.4 is 5.73 Å². The van der Waals surface area contributed by atoms with Crippen molar-refractivity contribution in [2.24, 2.45) is 35.3 Å². The third-order valence-corrected chi connectivity index (χ3v) is 8.01. The fraction of sp³-hybridized carbons (Fsp3) is 0.607. The summed E-state index contributed by atoms with van der Waals surface area (Å²) in [5, 5.41) is 43.7. The second-order valence-electron chi connectivity index (χ2n) is 11.8. The SMILES string of the molecule is CC(C)CN(Cc1ccc(O)c2c1C[C@H]1C[C@H]3CC(O)C(C(N)=O)C(=O)[C@@]3(O)C(O)=C1C2=O)CC(C)C. The number of ketones is 2. The van der Waals surface area contributed by atoms with Gasteiger partial charge in [0, 0.05) is 31.1 Å². The van der Waals surface area contributed by atoms with Gasteiger partial charge in [0.1, 0.15) is 17.4 Å². The minimum absolute atomic E-state index is 0.0705. The van der Waals surface area contributed by atoms with Crippen molar-refractivity contribution in [3.8, 4) is 5.75 Å². The molecule has 0 radical (unpaired) electrons. The second kappa shape index (κ2) is 9.85. The number of phenols is 1. The van der Waals surface area contributed by atoms with E-state index >= 15 is 0 Å². The number of aliphatic hydroxyl groups excluding tert-OH is 2. The van der Waals surface area contributed by atoms with E-state index in [1.807, 2.05) is 6.07 Å². The van der Waals surface area contributed by atoms with Gasteiger partial charge in [-0.2, -0.15) is 0 Å². The van der Waals surface area contributed by atoms with Gasteiger partial charge in [-0.1, -0.05) is 33.8 Å². The third kappa shape index (κ3) is 4.57. The van der Waals surface area contributed by atoms with Crippen LogP contribution in [0.1, 0.15) is 62.0 Å². The first-order valence-corrected chi connectivity index (χ1v) is 13.1. The number of amides is 1. The fourth-order valence-corrected chi connectivity index (χ4v) is 6.62. The van der Waals surface area contributed by atoms with E-state index in [0.29, 0.717) is 30.4 Å². The van der Waals surface area contributed by atoms with Gasteiger partial charge in [0.15, 0.2) is 17.2 Å². The number of hydrogen-bond donors (Lipinski definition) is 5. The number of hydrogen-bond acceptors (Lipinski definition) is 8. The highest BCUT2D eigenvalue weighted by Crippen LogP contribution is 2.51. The monoisotopic (exact) mass is 514 g/mol. The molecule has 9 heteroatoms. The fourth-order valence-electron chi connectivity index (χ4n) is 6.62. The van der Waals surface area contributed by atoms with Gasteiger partial charge in [0.05, 0.1) is 11.7 Å². The van der Waals surface area contributed by atoms with Crippen LogP contribution in [-0.2, 0) is 22.6 Å². The van der Waals surface area contributed by atoms with E-state index in [4.69, 9.17) is 5.73 Å². The minimum Gasteiger partial charge on any atom is -0.508 e. The summed E-state index contributed by atoms with van der Waals surface area (Å²) < 4.78 is 0. The van der Waals surface area contributed by atoms with E-state index in [9.17, 15) is 34.8 Å². The van der Waals surface area contributed by atoms with Crippen molar-refractivity contribution in [1.82, 2.24) is 4.90 Å². The first-order valence-electron chi connectivity index (χ1n) is 13.1. The maximum absolute atomic E-state index is 13.7. The van der Waals surface area contributed by atoms with Crippen LogP contribution in [0.5, 0.6) is 5.75 Å². The van der Waals surface area contributed by atoms with Crippen LogP contribution in [0.15, 0.2) is 23.5 Å². The Morgan fingerprint density at radius 3 is 2.30 bits per heavy atom. The summed E-state index contributed by atoms with van der Waals surface area (Å²) in [6.45, 7) is 10.9. The molecule has 0 saturated heterocycles. The quantitative estimate of drug-likeness (QED) is 0.345. The Morgan fingerprint density at radius 2 is 1.73 bits per heavy atom. The van der Waals surface area contributed by atoms with Crippen molar-refractivity contribution in [1.29, 1.82) is 0 Å². The standard InChI is InChI=1S/C28H38N2O7/c1-13(2)10-30(11-14(3)4)12-15-5-6-19(31)22-18(15)8-16-7-17-9-20(32)23(27(29)36)26(35)28(17,37)25(34)21(16)24(22)33/h5-6,13-14,16-17,20,23,31-32,34,37H,7-12H2,1-4H3,(H2,29,36)/t16-,17+,20?,23?,28+/m1/s1. The van der Waals surface area contributed by atoms with Crippen molar-refractivity contribution in [3.05, 3.63) is 40.2 Å². The van der Waals surface area contributed by atoms with E-state index in [1.165, 1.54) is 6.07 Å². The van der Waals surface area contributed by atoms with Crippen LogP contribution in [0.2, 0.25) is 0 Å². The molecule has 2 unspecified atom stereocenters. The summed E-state index contributed by atoms with van der Waals surface area (Å²) in [4.78, 5) is 41.0. The molecule has 1 aromatic carbocycles. The Bertz CT molecular complexity index is 1150.